The number of phenols is 1. The van der Waals surface area contributed by atoms with E-state index in [1.54, 1.807) is 28.3 Å². The number of nitrogen functional groups attached to an aromatic ring is 1. The van der Waals surface area contributed by atoms with E-state index in [-0.39, 0.29) is 17.3 Å². The van der Waals surface area contributed by atoms with Gasteiger partial charge in [-0.1, -0.05) is 49.9 Å². The highest BCUT2D eigenvalue weighted by molar-refractivity contribution is 5.86. The summed E-state index contributed by atoms with van der Waals surface area (Å²) in [6, 6.07) is 14.4. The zero-order valence-electron chi connectivity index (χ0n) is 27.1. The molecule has 2 saturated heterocycles. The number of para-hydroxylation sites is 2. The second kappa shape index (κ2) is 14.6. The molecule has 1 amide bonds. The van der Waals surface area contributed by atoms with Gasteiger partial charge in [0.2, 0.25) is 5.91 Å². The lowest BCUT2D eigenvalue weighted by atomic mass is 10.0. The van der Waals surface area contributed by atoms with Crippen molar-refractivity contribution in [3.8, 4) is 17.0 Å². The third-order valence-corrected chi connectivity index (χ3v) is 9.69. The van der Waals surface area contributed by atoms with Crippen LogP contribution in [0.5, 0.6) is 5.75 Å². The summed E-state index contributed by atoms with van der Waals surface area (Å²) in [7, 11) is 1.78. The number of phenolic OH excluding ortho intramolecular Hbond substituents is 1. The van der Waals surface area contributed by atoms with Crippen molar-refractivity contribution in [1.82, 2.24) is 29.5 Å². The van der Waals surface area contributed by atoms with Gasteiger partial charge in [0, 0.05) is 38.8 Å². The molecule has 250 valence electrons. The van der Waals surface area contributed by atoms with Gasteiger partial charge in [-0.3, -0.25) is 18.8 Å². The van der Waals surface area contributed by atoms with Crippen LogP contribution in [0.25, 0.3) is 22.3 Å². The Morgan fingerprint density at radius 3 is 2.43 bits per heavy atom. The Morgan fingerprint density at radius 2 is 1.66 bits per heavy atom. The van der Waals surface area contributed by atoms with Gasteiger partial charge in [-0.25, -0.2) is 4.79 Å². The van der Waals surface area contributed by atoms with Crippen molar-refractivity contribution in [2.45, 2.75) is 70.1 Å². The summed E-state index contributed by atoms with van der Waals surface area (Å²) in [4.78, 5) is 30.5. The standard InChI is InChI=1S/C35H46N8O4/c1-40-32-24(12-10-14-27(32)43(35(40)47)28-16-17-31(45)37-34(28)46)11-6-4-2-3-5-9-18-41-19-21-42(22-20-41)29-23-26(38-39-33(29)36)25-13-7-8-15-30(25)44/h7-8,10,12-15,23,28,31,44-45H,2-6,9,11,16-22H2,1H3,(H2,36,39)(H,37,46). The summed E-state index contributed by atoms with van der Waals surface area (Å²) in [6.07, 6.45) is 7.86. The minimum Gasteiger partial charge on any atom is -0.507 e. The Morgan fingerprint density at radius 1 is 0.915 bits per heavy atom. The number of hydrogen-bond acceptors (Lipinski definition) is 9. The van der Waals surface area contributed by atoms with Crippen molar-refractivity contribution in [2.75, 3.05) is 43.4 Å². The monoisotopic (exact) mass is 642 g/mol. The van der Waals surface area contributed by atoms with Gasteiger partial charge in [0.1, 0.15) is 18.0 Å². The summed E-state index contributed by atoms with van der Waals surface area (Å²) in [5.74, 6) is 0.278. The van der Waals surface area contributed by atoms with E-state index in [0.717, 1.165) is 74.3 Å². The maximum Gasteiger partial charge on any atom is 0.329 e. The van der Waals surface area contributed by atoms with Crippen LogP contribution in [0.2, 0.25) is 0 Å². The highest BCUT2D eigenvalue weighted by Gasteiger charge is 2.31. The molecule has 2 aromatic carbocycles. The molecule has 4 aromatic rings. The number of anilines is 2. The molecule has 12 heteroatoms. The number of carbonyl (C=O) groups excluding carboxylic acids is 1. The molecule has 4 heterocycles. The topological polar surface area (TPSA) is 155 Å². The predicted octanol–water partition coefficient (Wildman–Crippen LogP) is 3.56. The Balaban J connectivity index is 0.918. The third-order valence-electron chi connectivity index (χ3n) is 9.69. The van der Waals surface area contributed by atoms with Gasteiger partial charge >= 0.3 is 5.69 Å². The third kappa shape index (κ3) is 7.13. The molecule has 12 nitrogen and oxygen atoms in total. The highest BCUT2D eigenvalue weighted by Crippen LogP contribution is 2.32. The fourth-order valence-corrected chi connectivity index (χ4v) is 7.09. The van der Waals surface area contributed by atoms with E-state index in [9.17, 15) is 19.8 Å². The minimum atomic E-state index is -0.847. The fourth-order valence-electron chi connectivity index (χ4n) is 7.09. The number of carbonyl (C=O) groups is 1. The summed E-state index contributed by atoms with van der Waals surface area (Å²) in [5.41, 5.74) is 11.0. The molecule has 2 fully saturated rings. The quantitative estimate of drug-likeness (QED) is 0.170. The van der Waals surface area contributed by atoms with E-state index in [1.807, 2.05) is 30.3 Å². The minimum absolute atomic E-state index is 0.175. The second-order valence-corrected chi connectivity index (χ2v) is 12.8. The van der Waals surface area contributed by atoms with Crippen LogP contribution in [-0.2, 0) is 18.3 Å². The van der Waals surface area contributed by atoms with E-state index >= 15 is 0 Å². The number of piperazine rings is 1. The lowest BCUT2D eigenvalue weighted by Crippen LogP contribution is -2.46. The zero-order chi connectivity index (χ0) is 32.9. The molecule has 2 unspecified atom stereocenters. The summed E-state index contributed by atoms with van der Waals surface area (Å²) in [5, 5.41) is 31.0. The van der Waals surface area contributed by atoms with Gasteiger partial charge in [-0.2, -0.15) is 0 Å². The van der Waals surface area contributed by atoms with Gasteiger partial charge in [0.25, 0.3) is 0 Å². The predicted molar refractivity (Wildman–Crippen MR) is 183 cm³/mol. The molecule has 0 radical (unpaired) electrons. The molecule has 6 rings (SSSR count). The number of aliphatic hydroxyl groups is 1. The Labute approximate surface area is 274 Å². The lowest BCUT2D eigenvalue weighted by molar-refractivity contribution is -0.130. The number of aromatic nitrogens is 4. The van der Waals surface area contributed by atoms with E-state index in [0.29, 0.717) is 29.9 Å². The average molecular weight is 643 g/mol. The number of amides is 1. The van der Waals surface area contributed by atoms with Gasteiger partial charge in [-0.15, -0.1) is 10.2 Å². The maximum atomic E-state index is 13.2. The molecular weight excluding hydrogens is 596 g/mol. The molecule has 2 aliphatic rings. The van der Waals surface area contributed by atoms with Crippen LogP contribution in [0.1, 0.15) is 63.0 Å². The van der Waals surface area contributed by atoms with Crippen molar-refractivity contribution in [3.05, 3.63) is 64.6 Å². The molecular formula is C35H46N8O4. The van der Waals surface area contributed by atoms with E-state index in [2.05, 4.69) is 31.4 Å². The molecule has 0 spiro atoms. The SMILES string of the molecule is Cn1c(=O)n(C2CCC(O)NC2=O)c2cccc(CCCCCCCCN3CCN(c4cc(-c5ccccc5O)nnc4N)CC3)c21. The number of nitrogens with one attached hydrogen (secondary N) is 1. The molecule has 0 aliphatic carbocycles. The molecule has 2 aliphatic heterocycles. The number of benzene rings is 2. The highest BCUT2D eigenvalue weighted by atomic mass is 16.3. The van der Waals surface area contributed by atoms with Crippen LogP contribution >= 0.6 is 0 Å². The Hall–Kier alpha value is -4.42. The first kappa shape index (κ1) is 32.5. The van der Waals surface area contributed by atoms with E-state index < -0.39 is 12.3 Å². The second-order valence-electron chi connectivity index (χ2n) is 12.8. The van der Waals surface area contributed by atoms with Crippen LogP contribution < -0.4 is 21.6 Å². The number of fused-ring (bicyclic) bond motifs is 1. The number of hydrogen-bond donors (Lipinski definition) is 4. The zero-order valence-corrected chi connectivity index (χ0v) is 27.1. The molecule has 0 bridgehead atoms. The van der Waals surface area contributed by atoms with Crippen molar-refractivity contribution < 1.29 is 15.0 Å². The summed E-state index contributed by atoms with van der Waals surface area (Å²) in [6.45, 7) is 4.77. The van der Waals surface area contributed by atoms with Crippen LogP contribution in [0.15, 0.2) is 53.3 Å². The number of nitrogens with zero attached hydrogens (tertiary/aromatic N) is 6. The van der Waals surface area contributed by atoms with Crippen LogP contribution in [0.4, 0.5) is 11.5 Å². The average Bonchev–Trinajstić information content (AvgIpc) is 3.33. The van der Waals surface area contributed by atoms with Crippen molar-refractivity contribution in [1.29, 1.82) is 0 Å². The number of aliphatic hydroxyl groups excluding tert-OH is 1. The molecule has 0 saturated carbocycles. The fraction of sp³-hybridized carbons (Fsp3) is 0.486. The molecule has 47 heavy (non-hydrogen) atoms. The maximum absolute atomic E-state index is 13.2. The van der Waals surface area contributed by atoms with Crippen molar-refractivity contribution in [3.63, 3.8) is 0 Å². The number of rotatable bonds is 12. The molecule has 2 atom stereocenters. The summed E-state index contributed by atoms with van der Waals surface area (Å²) < 4.78 is 3.26. The number of aromatic hydroxyl groups is 1. The number of nitrogens with two attached hydrogens (primary N) is 1. The largest absolute Gasteiger partial charge is 0.507 e. The van der Waals surface area contributed by atoms with Crippen molar-refractivity contribution >= 4 is 28.4 Å². The lowest BCUT2D eigenvalue weighted by Gasteiger charge is -2.36. The first-order valence-electron chi connectivity index (χ1n) is 16.9. The van der Waals surface area contributed by atoms with Crippen LogP contribution in [0.3, 0.4) is 0 Å². The number of aryl methyl sites for hydroxylation is 2. The van der Waals surface area contributed by atoms with E-state index in [4.69, 9.17) is 5.73 Å². The smallest absolute Gasteiger partial charge is 0.329 e. The summed E-state index contributed by atoms with van der Waals surface area (Å²) >= 11 is 0. The number of unbranched alkanes of at least 4 members (excludes halogenated alkanes) is 5. The molecule has 5 N–H and O–H groups in total. The van der Waals surface area contributed by atoms with Crippen molar-refractivity contribution in [2.24, 2.45) is 7.05 Å². The van der Waals surface area contributed by atoms with Crippen LogP contribution in [-0.4, -0.2) is 79.3 Å². The first-order chi connectivity index (χ1) is 22.8. The Bertz CT molecular complexity index is 1760. The normalized spacial score (nSPS) is 18.9. The number of imidazole rings is 1. The van der Waals surface area contributed by atoms with Gasteiger partial charge < -0.3 is 26.2 Å². The van der Waals surface area contributed by atoms with Gasteiger partial charge in [-0.05, 0) is 68.5 Å². The van der Waals surface area contributed by atoms with Gasteiger partial charge in [0.05, 0.1) is 22.4 Å². The van der Waals surface area contributed by atoms with Gasteiger partial charge in [0.15, 0.2) is 5.82 Å². The Kier molecular flexibility index (Phi) is 10.1. The molecule has 2 aromatic heterocycles. The first-order valence-corrected chi connectivity index (χ1v) is 16.9. The number of piperidine rings is 1. The van der Waals surface area contributed by atoms with Crippen LogP contribution in [0, 0.1) is 0 Å². The van der Waals surface area contributed by atoms with E-state index in [1.165, 1.54) is 25.7 Å².